The third-order valence-electron chi connectivity index (χ3n) is 6.22. The highest BCUT2D eigenvalue weighted by Gasteiger charge is 2.35. The van der Waals surface area contributed by atoms with Gasteiger partial charge in [-0.05, 0) is 30.3 Å². The summed E-state index contributed by atoms with van der Waals surface area (Å²) in [5, 5.41) is 0.621. The number of rotatable bonds is 7. The number of methoxy groups -OCH3 is 2. The molecule has 0 saturated carbocycles. The lowest BCUT2D eigenvalue weighted by Crippen LogP contribution is -2.26. The van der Waals surface area contributed by atoms with Crippen molar-refractivity contribution >= 4 is 28.3 Å². The van der Waals surface area contributed by atoms with Crippen molar-refractivity contribution in [3.05, 3.63) is 84.3 Å². The average molecular weight is 486 g/mol. The number of carbonyl (C=O) groups is 2. The molecule has 1 aromatic heterocycles. The lowest BCUT2D eigenvalue weighted by atomic mass is 9.97. The third kappa shape index (κ3) is 4.22. The van der Waals surface area contributed by atoms with E-state index in [0.29, 0.717) is 39.4 Å². The fraction of sp³-hybridized carbons (Fsp3) is 0.179. The molecule has 4 aromatic rings. The number of anilines is 1. The fourth-order valence-electron chi connectivity index (χ4n) is 4.43. The van der Waals surface area contributed by atoms with E-state index in [-0.39, 0.29) is 30.4 Å². The minimum Gasteiger partial charge on any atom is -0.493 e. The Bertz CT molecular complexity index is 1460. The van der Waals surface area contributed by atoms with Crippen LogP contribution in [0.4, 0.5) is 10.1 Å². The zero-order valence-electron chi connectivity index (χ0n) is 19.7. The van der Waals surface area contributed by atoms with Crippen molar-refractivity contribution in [1.82, 2.24) is 4.98 Å². The number of nitrogens with zero attached hydrogens (tertiary/aromatic N) is 2. The lowest BCUT2D eigenvalue weighted by molar-refractivity contribution is -0.117. The summed E-state index contributed by atoms with van der Waals surface area (Å²) in [6.07, 6.45) is 1.63. The minimum atomic E-state index is -0.636. The van der Waals surface area contributed by atoms with E-state index < -0.39 is 11.7 Å². The summed E-state index contributed by atoms with van der Waals surface area (Å²) in [7, 11) is 3.05. The molecule has 0 radical (unpaired) electrons. The quantitative estimate of drug-likeness (QED) is 0.325. The zero-order valence-corrected chi connectivity index (χ0v) is 19.7. The van der Waals surface area contributed by atoms with Crippen molar-refractivity contribution in [3.63, 3.8) is 0 Å². The molecular weight excluding hydrogens is 463 g/mol. The van der Waals surface area contributed by atoms with Crippen LogP contribution in [0.25, 0.3) is 10.9 Å². The van der Waals surface area contributed by atoms with Crippen LogP contribution in [0.5, 0.6) is 23.0 Å². The van der Waals surface area contributed by atoms with Crippen LogP contribution in [0.1, 0.15) is 16.8 Å². The molecule has 2 heterocycles. The number of Topliss-reactive ketones (excluding diaryl/α,β-unsaturated/α-hetero) is 1. The predicted octanol–water partition coefficient (Wildman–Crippen LogP) is 5.42. The van der Waals surface area contributed by atoms with Crippen LogP contribution >= 0.6 is 0 Å². The van der Waals surface area contributed by atoms with E-state index in [4.69, 9.17) is 14.2 Å². The lowest BCUT2D eigenvalue weighted by Gasteiger charge is -2.18. The number of pyridine rings is 1. The molecule has 3 aromatic carbocycles. The number of ether oxygens (including phenoxy) is 3. The number of benzene rings is 3. The molecule has 36 heavy (non-hydrogen) atoms. The Morgan fingerprint density at radius 3 is 2.47 bits per heavy atom. The maximum atomic E-state index is 15.1. The maximum absolute atomic E-state index is 15.1. The second-order valence-corrected chi connectivity index (χ2v) is 8.36. The smallest absolute Gasteiger partial charge is 0.227 e. The first-order valence-corrected chi connectivity index (χ1v) is 11.4. The Labute approximate surface area is 207 Å². The van der Waals surface area contributed by atoms with E-state index in [1.165, 1.54) is 31.3 Å². The van der Waals surface area contributed by atoms with Crippen LogP contribution in [0, 0.1) is 11.7 Å². The number of fused-ring (bicyclic) bond motifs is 1. The fourth-order valence-corrected chi connectivity index (χ4v) is 4.43. The standard InChI is InChI=1S/C28H23FN2O5/c1-34-24-11-9-20-22(12-13-30-26(20)28(24)35-2)36-23-10-8-19(15-21(23)29)31-16-18(14-25(31)32)27(33)17-6-4-3-5-7-17/h3-13,15,18H,14,16H2,1-2H3. The van der Waals surface area contributed by atoms with Gasteiger partial charge in [-0.15, -0.1) is 0 Å². The number of carbonyl (C=O) groups excluding carboxylic acids is 2. The van der Waals surface area contributed by atoms with E-state index in [9.17, 15) is 9.59 Å². The average Bonchev–Trinajstić information content (AvgIpc) is 3.30. The normalized spacial score (nSPS) is 15.2. The van der Waals surface area contributed by atoms with Gasteiger partial charge >= 0.3 is 0 Å². The molecule has 0 bridgehead atoms. The van der Waals surface area contributed by atoms with Crippen LogP contribution in [-0.4, -0.2) is 37.4 Å². The minimum absolute atomic E-state index is 0.00964. The molecule has 1 atom stereocenters. The van der Waals surface area contributed by atoms with Gasteiger partial charge in [-0.2, -0.15) is 0 Å². The van der Waals surface area contributed by atoms with Crippen molar-refractivity contribution < 1.29 is 28.2 Å². The van der Waals surface area contributed by atoms with Crippen LogP contribution in [0.3, 0.4) is 0 Å². The summed E-state index contributed by atoms with van der Waals surface area (Å²) >= 11 is 0. The Balaban J connectivity index is 1.38. The van der Waals surface area contributed by atoms with E-state index >= 15 is 4.39 Å². The highest BCUT2D eigenvalue weighted by atomic mass is 19.1. The molecule has 1 amide bonds. The van der Waals surface area contributed by atoms with E-state index in [0.717, 1.165) is 0 Å². The van der Waals surface area contributed by atoms with Gasteiger partial charge in [0.25, 0.3) is 0 Å². The highest BCUT2D eigenvalue weighted by molar-refractivity contribution is 6.06. The second kappa shape index (κ2) is 9.65. The van der Waals surface area contributed by atoms with Crippen molar-refractivity contribution in [2.24, 2.45) is 5.92 Å². The summed E-state index contributed by atoms with van der Waals surface area (Å²) in [5.74, 6) is -0.0875. The molecule has 0 spiro atoms. The van der Waals surface area contributed by atoms with Crippen molar-refractivity contribution in [2.45, 2.75) is 6.42 Å². The van der Waals surface area contributed by atoms with E-state index in [2.05, 4.69) is 4.98 Å². The van der Waals surface area contributed by atoms with Crippen molar-refractivity contribution in [2.75, 3.05) is 25.7 Å². The van der Waals surface area contributed by atoms with Gasteiger partial charge in [0.15, 0.2) is 28.8 Å². The first kappa shape index (κ1) is 23.3. The first-order valence-electron chi connectivity index (χ1n) is 11.4. The molecule has 1 fully saturated rings. The summed E-state index contributed by atoms with van der Waals surface area (Å²) in [5.41, 5.74) is 1.45. The second-order valence-electron chi connectivity index (χ2n) is 8.36. The van der Waals surface area contributed by atoms with Gasteiger partial charge in [-0.3, -0.25) is 14.6 Å². The number of hydrogen-bond acceptors (Lipinski definition) is 6. The Hall–Kier alpha value is -4.46. The molecule has 1 aliphatic rings. The van der Waals surface area contributed by atoms with Crippen LogP contribution < -0.4 is 19.1 Å². The van der Waals surface area contributed by atoms with Crippen molar-refractivity contribution in [1.29, 1.82) is 0 Å². The van der Waals surface area contributed by atoms with E-state index in [1.807, 2.05) is 6.07 Å². The molecule has 8 heteroatoms. The molecule has 0 N–H and O–H groups in total. The Morgan fingerprint density at radius 2 is 1.75 bits per heavy atom. The predicted molar refractivity (Wildman–Crippen MR) is 133 cm³/mol. The van der Waals surface area contributed by atoms with Gasteiger partial charge in [-0.25, -0.2) is 4.39 Å². The number of hydrogen-bond donors (Lipinski definition) is 0. The molecule has 0 aliphatic carbocycles. The summed E-state index contributed by atoms with van der Waals surface area (Å²) in [6, 6.07) is 18.3. The Kier molecular flexibility index (Phi) is 6.25. The number of ketones is 1. The van der Waals surface area contributed by atoms with Gasteiger partial charge in [0.05, 0.1) is 14.2 Å². The topological polar surface area (TPSA) is 78.0 Å². The molecule has 7 nitrogen and oxygen atoms in total. The van der Waals surface area contributed by atoms with Gasteiger partial charge in [0.1, 0.15) is 11.3 Å². The molecule has 5 rings (SSSR count). The molecule has 1 aliphatic heterocycles. The number of aromatic nitrogens is 1. The number of halogens is 1. The van der Waals surface area contributed by atoms with Gasteiger partial charge < -0.3 is 19.1 Å². The summed E-state index contributed by atoms with van der Waals surface area (Å²) in [6.45, 7) is 0.197. The Morgan fingerprint density at radius 1 is 0.972 bits per heavy atom. The number of amides is 1. The highest BCUT2D eigenvalue weighted by Crippen LogP contribution is 2.39. The first-order chi connectivity index (χ1) is 17.5. The van der Waals surface area contributed by atoms with Gasteiger partial charge in [-0.1, -0.05) is 30.3 Å². The van der Waals surface area contributed by atoms with Crippen LogP contribution in [-0.2, 0) is 4.79 Å². The summed E-state index contributed by atoms with van der Waals surface area (Å²) in [4.78, 5) is 31.2. The van der Waals surface area contributed by atoms with E-state index in [1.54, 1.807) is 54.7 Å². The third-order valence-corrected chi connectivity index (χ3v) is 6.22. The largest absolute Gasteiger partial charge is 0.493 e. The zero-order chi connectivity index (χ0) is 25.2. The molecule has 182 valence electrons. The van der Waals surface area contributed by atoms with Crippen LogP contribution in [0.15, 0.2) is 72.9 Å². The van der Waals surface area contributed by atoms with Gasteiger partial charge in [0, 0.05) is 47.8 Å². The maximum Gasteiger partial charge on any atom is 0.227 e. The molecule has 1 unspecified atom stereocenters. The van der Waals surface area contributed by atoms with Crippen molar-refractivity contribution in [3.8, 4) is 23.0 Å². The van der Waals surface area contributed by atoms with Gasteiger partial charge in [0.2, 0.25) is 5.91 Å². The van der Waals surface area contributed by atoms with Crippen LogP contribution in [0.2, 0.25) is 0 Å². The molecular formula is C28H23FN2O5. The summed E-state index contributed by atoms with van der Waals surface area (Å²) < 4.78 is 31.8. The molecule has 1 saturated heterocycles. The SMILES string of the molecule is COc1ccc2c(Oc3ccc(N4CC(C(=O)c5ccccc5)CC4=O)cc3F)ccnc2c1OC. The monoisotopic (exact) mass is 486 g/mol.